The first-order valence-electron chi connectivity index (χ1n) is 6.26. The van der Waals surface area contributed by atoms with Crippen LogP contribution in [0.2, 0.25) is 0 Å². The Morgan fingerprint density at radius 1 is 1.50 bits per heavy atom. The van der Waals surface area contributed by atoms with Crippen LogP contribution in [0.1, 0.15) is 18.4 Å². The molecule has 0 spiro atoms. The van der Waals surface area contributed by atoms with Gasteiger partial charge in [-0.15, -0.1) is 0 Å². The minimum absolute atomic E-state index is 0.139. The summed E-state index contributed by atoms with van der Waals surface area (Å²) in [5, 5.41) is 3.18. The molecule has 0 bridgehead atoms. The number of likely N-dealkylation sites (N-methyl/N-ethyl adjacent to an activating group) is 1. The summed E-state index contributed by atoms with van der Waals surface area (Å²) >= 11 is 0. The summed E-state index contributed by atoms with van der Waals surface area (Å²) in [5.41, 5.74) is 2.06. The smallest absolute Gasteiger partial charge is 0.241 e. The molecule has 4 heteroatoms. The van der Waals surface area contributed by atoms with Crippen molar-refractivity contribution in [3.05, 3.63) is 23.8 Å². The van der Waals surface area contributed by atoms with Crippen LogP contribution in [0.5, 0.6) is 5.75 Å². The molecule has 1 amide bonds. The van der Waals surface area contributed by atoms with Gasteiger partial charge in [0.1, 0.15) is 5.75 Å². The molecular formula is C14H20N2O2. The average Bonchev–Trinajstić information content (AvgIpc) is 3.20. The molecule has 18 heavy (non-hydrogen) atoms. The van der Waals surface area contributed by atoms with Gasteiger partial charge in [0, 0.05) is 24.8 Å². The van der Waals surface area contributed by atoms with Crippen LogP contribution < -0.4 is 10.1 Å². The molecule has 1 aromatic carbocycles. The number of amides is 1. The van der Waals surface area contributed by atoms with Crippen LogP contribution in [0.3, 0.4) is 0 Å². The summed E-state index contributed by atoms with van der Waals surface area (Å²) in [7, 11) is 3.51. The van der Waals surface area contributed by atoms with Crippen molar-refractivity contribution in [2.24, 2.45) is 0 Å². The zero-order chi connectivity index (χ0) is 13.1. The fraction of sp³-hybridized carbons (Fsp3) is 0.500. The Balaban J connectivity index is 1.94. The van der Waals surface area contributed by atoms with Crippen molar-refractivity contribution in [1.29, 1.82) is 0 Å². The van der Waals surface area contributed by atoms with Gasteiger partial charge >= 0.3 is 0 Å². The predicted octanol–water partition coefficient (Wildman–Crippen LogP) is 2.04. The molecule has 1 saturated carbocycles. The number of hydrogen-bond acceptors (Lipinski definition) is 3. The van der Waals surface area contributed by atoms with Gasteiger partial charge in [-0.1, -0.05) is 6.07 Å². The summed E-state index contributed by atoms with van der Waals surface area (Å²) in [4.78, 5) is 13.7. The van der Waals surface area contributed by atoms with Crippen LogP contribution in [0.4, 0.5) is 5.69 Å². The second-order valence-corrected chi connectivity index (χ2v) is 4.77. The van der Waals surface area contributed by atoms with Gasteiger partial charge in [-0.25, -0.2) is 0 Å². The fourth-order valence-electron chi connectivity index (χ4n) is 1.88. The molecule has 1 aromatic rings. The largest absolute Gasteiger partial charge is 0.497 e. The molecule has 1 fully saturated rings. The number of anilines is 1. The van der Waals surface area contributed by atoms with Gasteiger partial charge in [0.25, 0.3) is 0 Å². The molecule has 0 aliphatic heterocycles. The van der Waals surface area contributed by atoms with Crippen LogP contribution in [-0.2, 0) is 4.79 Å². The second-order valence-electron chi connectivity index (χ2n) is 4.77. The Kier molecular flexibility index (Phi) is 3.75. The number of aryl methyl sites for hydroxylation is 1. The minimum atomic E-state index is 0.139. The maximum Gasteiger partial charge on any atom is 0.241 e. The Bertz CT molecular complexity index is 441. The number of ether oxygens (including phenoxy) is 1. The quantitative estimate of drug-likeness (QED) is 0.867. The second kappa shape index (κ2) is 5.29. The lowest BCUT2D eigenvalue weighted by molar-refractivity contribution is -0.128. The van der Waals surface area contributed by atoms with E-state index in [1.54, 1.807) is 7.11 Å². The molecule has 1 N–H and O–H groups in total. The topological polar surface area (TPSA) is 41.6 Å². The van der Waals surface area contributed by atoms with Gasteiger partial charge in [-0.2, -0.15) is 0 Å². The third-order valence-electron chi connectivity index (χ3n) is 3.36. The molecule has 0 saturated heterocycles. The number of nitrogens with one attached hydrogen (secondary N) is 1. The molecule has 0 unspecified atom stereocenters. The van der Waals surface area contributed by atoms with E-state index in [9.17, 15) is 4.79 Å². The number of carbonyl (C=O) groups is 1. The highest BCUT2D eigenvalue weighted by Gasteiger charge is 2.29. The molecular weight excluding hydrogens is 228 g/mol. The molecule has 4 nitrogen and oxygen atoms in total. The van der Waals surface area contributed by atoms with Crippen molar-refractivity contribution in [3.63, 3.8) is 0 Å². The predicted molar refractivity (Wildman–Crippen MR) is 72.0 cm³/mol. The zero-order valence-electron chi connectivity index (χ0n) is 11.2. The average molecular weight is 248 g/mol. The molecule has 1 aliphatic rings. The Morgan fingerprint density at radius 2 is 2.22 bits per heavy atom. The normalized spacial score (nSPS) is 14.2. The highest BCUT2D eigenvalue weighted by atomic mass is 16.5. The van der Waals surface area contributed by atoms with Gasteiger partial charge in [0.2, 0.25) is 5.91 Å². The van der Waals surface area contributed by atoms with E-state index in [0.717, 1.165) is 29.8 Å². The van der Waals surface area contributed by atoms with Gasteiger partial charge in [-0.3, -0.25) is 4.79 Å². The number of methoxy groups -OCH3 is 1. The molecule has 0 radical (unpaired) electrons. The van der Waals surface area contributed by atoms with Crippen LogP contribution in [0.25, 0.3) is 0 Å². The van der Waals surface area contributed by atoms with Crippen molar-refractivity contribution in [2.45, 2.75) is 25.8 Å². The van der Waals surface area contributed by atoms with E-state index in [2.05, 4.69) is 5.32 Å². The van der Waals surface area contributed by atoms with Crippen LogP contribution in [0.15, 0.2) is 18.2 Å². The van der Waals surface area contributed by atoms with E-state index in [-0.39, 0.29) is 5.91 Å². The van der Waals surface area contributed by atoms with E-state index in [1.165, 1.54) is 0 Å². The molecule has 0 heterocycles. The Morgan fingerprint density at radius 3 is 2.83 bits per heavy atom. The van der Waals surface area contributed by atoms with E-state index in [1.807, 2.05) is 37.1 Å². The molecule has 1 aliphatic carbocycles. The maximum atomic E-state index is 11.9. The third kappa shape index (κ3) is 2.94. The monoisotopic (exact) mass is 248 g/mol. The summed E-state index contributed by atoms with van der Waals surface area (Å²) in [6.45, 7) is 2.35. The van der Waals surface area contributed by atoms with Gasteiger partial charge in [0.05, 0.1) is 13.7 Å². The highest BCUT2D eigenvalue weighted by Crippen LogP contribution is 2.25. The van der Waals surface area contributed by atoms with Gasteiger partial charge < -0.3 is 15.0 Å². The maximum absolute atomic E-state index is 11.9. The first kappa shape index (κ1) is 12.7. The summed E-state index contributed by atoms with van der Waals surface area (Å²) in [5.74, 6) is 0.936. The summed E-state index contributed by atoms with van der Waals surface area (Å²) in [6.07, 6.45) is 2.28. The van der Waals surface area contributed by atoms with E-state index in [4.69, 9.17) is 4.74 Å². The van der Waals surface area contributed by atoms with Crippen LogP contribution >= 0.6 is 0 Å². The lowest BCUT2D eigenvalue weighted by Crippen LogP contribution is -2.33. The number of rotatable bonds is 5. The van der Waals surface area contributed by atoms with E-state index < -0.39 is 0 Å². The fourth-order valence-corrected chi connectivity index (χ4v) is 1.88. The van der Waals surface area contributed by atoms with Crippen LogP contribution in [-0.4, -0.2) is 37.6 Å². The number of carbonyl (C=O) groups excluding carboxylic acids is 1. The minimum Gasteiger partial charge on any atom is -0.497 e. The number of nitrogens with zero attached hydrogens (tertiary/aromatic N) is 1. The van der Waals surface area contributed by atoms with Crippen molar-refractivity contribution >= 4 is 11.6 Å². The van der Waals surface area contributed by atoms with Crippen molar-refractivity contribution in [3.8, 4) is 5.75 Å². The molecule has 98 valence electrons. The van der Waals surface area contributed by atoms with Gasteiger partial charge in [0.15, 0.2) is 0 Å². The SMILES string of the molecule is COc1ccc(C)c(NCC(=O)N(C)C2CC2)c1. The van der Waals surface area contributed by atoms with Crippen LogP contribution in [0, 0.1) is 6.92 Å². The van der Waals surface area contributed by atoms with E-state index >= 15 is 0 Å². The van der Waals surface area contributed by atoms with Crippen molar-refractivity contribution in [2.75, 3.05) is 26.0 Å². The first-order valence-corrected chi connectivity index (χ1v) is 6.26. The lowest BCUT2D eigenvalue weighted by atomic mass is 10.2. The Hall–Kier alpha value is -1.71. The summed E-state index contributed by atoms with van der Waals surface area (Å²) in [6, 6.07) is 6.28. The van der Waals surface area contributed by atoms with Gasteiger partial charge in [-0.05, 0) is 31.4 Å². The molecule has 2 rings (SSSR count). The zero-order valence-corrected chi connectivity index (χ0v) is 11.2. The Labute approximate surface area is 108 Å². The standard InChI is InChI=1S/C14H20N2O2/c1-10-4-7-12(18-3)8-13(10)15-9-14(17)16(2)11-5-6-11/h4,7-8,11,15H,5-6,9H2,1-3H3. The molecule has 0 atom stereocenters. The summed E-state index contributed by atoms with van der Waals surface area (Å²) < 4.78 is 5.18. The first-order chi connectivity index (χ1) is 8.61. The number of benzene rings is 1. The van der Waals surface area contributed by atoms with Crippen molar-refractivity contribution in [1.82, 2.24) is 4.90 Å². The molecule has 0 aromatic heterocycles. The van der Waals surface area contributed by atoms with Crippen molar-refractivity contribution < 1.29 is 9.53 Å². The third-order valence-corrected chi connectivity index (χ3v) is 3.36. The highest BCUT2D eigenvalue weighted by molar-refractivity contribution is 5.81. The lowest BCUT2D eigenvalue weighted by Gasteiger charge is -2.17. The number of hydrogen-bond donors (Lipinski definition) is 1. The van der Waals surface area contributed by atoms with E-state index in [0.29, 0.717) is 12.6 Å².